The van der Waals surface area contributed by atoms with Gasteiger partial charge in [0.2, 0.25) is 0 Å². The molecule has 1 unspecified atom stereocenters. The molecule has 3 aromatic heterocycles. The zero-order valence-corrected chi connectivity index (χ0v) is 17.1. The van der Waals surface area contributed by atoms with Crippen LogP contribution >= 0.6 is 0 Å². The first kappa shape index (κ1) is 19.6. The third kappa shape index (κ3) is 3.26. The number of imidazole rings is 1. The zero-order valence-electron chi connectivity index (χ0n) is 16.3. The van der Waals surface area contributed by atoms with Gasteiger partial charge in [-0.1, -0.05) is 12.1 Å². The number of H-pyrrole nitrogens is 1. The van der Waals surface area contributed by atoms with Crippen LogP contribution < -0.4 is 5.73 Å². The molecule has 5 rings (SSSR count). The summed E-state index contributed by atoms with van der Waals surface area (Å²) in [6.07, 6.45) is 3.90. The zero-order chi connectivity index (χ0) is 21.7. The van der Waals surface area contributed by atoms with Gasteiger partial charge in [-0.3, -0.25) is 9.00 Å². The standard InChI is InChI=1S/C20H20N6O4S/c21-18-17-16(13-8-12-2-1-3-14(31(29)30)15(12)24-13)25-19(26(17)23-9-22-18)10-4-6-11(7-5-10)20(27)28/h1-3,8-11,24H,4-7H2,(H,27,28)(H,29,30)(H2,21,22,23)/p-1. The Labute approximate surface area is 178 Å². The van der Waals surface area contributed by atoms with Crippen molar-refractivity contribution in [3.05, 3.63) is 36.4 Å². The second-order valence-corrected chi connectivity index (χ2v) is 8.66. The summed E-state index contributed by atoms with van der Waals surface area (Å²) in [7, 11) is 0. The maximum Gasteiger partial charge on any atom is 0.306 e. The van der Waals surface area contributed by atoms with E-state index in [-0.39, 0.29) is 22.5 Å². The number of nitrogens with zero attached hydrogens (tertiary/aromatic N) is 4. The Hall–Kier alpha value is -3.31. The summed E-state index contributed by atoms with van der Waals surface area (Å²) in [4.78, 5) is 23.6. The van der Waals surface area contributed by atoms with Crippen LogP contribution in [0, 0.1) is 5.92 Å². The molecule has 1 aliphatic rings. The lowest BCUT2D eigenvalue weighted by atomic mass is 9.82. The molecule has 160 valence electrons. The van der Waals surface area contributed by atoms with Gasteiger partial charge in [-0.15, -0.1) is 0 Å². The van der Waals surface area contributed by atoms with E-state index in [4.69, 9.17) is 10.7 Å². The number of carboxylic acids is 1. The summed E-state index contributed by atoms with van der Waals surface area (Å²) in [6.45, 7) is 0. The number of nitrogens with two attached hydrogens (primary N) is 1. The monoisotopic (exact) mass is 439 g/mol. The molecule has 0 aliphatic heterocycles. The minimum atomic E-state index is -2.39. The number of rotatable bonds is 4. The lowest BCUT2D eigenvalue weighted by Gasteiger charge is -2.24. The molecule has 4 N–H and O–H groups in total. The number of carboxylic acid groups (broad SMARTS) is 1. The fraction of sp³-hybridized carbons (Fsp3) is 0.300. The highest BCUT2D eigenvalue weighted by atomic mass is 32.2. The molecule has 1 fully saturated rings. The number of benzene rings is 1. The van der Waals surface area contributed by atoms with Crippen molar-refractivity contribution in [3.8, 4) is 11.4 Å². The molecular formula is C20H19N6O4S-. The van der Waals surface area contributed by atoms with Gasteiger partial charge < -0.3 is 20.4 Å². The van der Waals surface area contributed by atoms with Crippen molar-refractivity contribution in [1.29, 1.82) is 0 Å². The number of hydrogen-bond donors (Lipinski definition) is 3. The van der Waals surface area contributed by atoms with Crippen LogP contribution in [0.25, 0.3) is 27.8 Å². The van der Waals surface area contributed by atoms with Crippen LogP contribution in [-0.2, 0) is 15.9 Å². The number of aliphatic carboxylic acids is 1. The Morgan fingerprint density at radius 2 is 2.06 bits per heavy atom. The molecule has 11 heteroatoms. The van der Waals surface area contributed by atoms with Crippen LogP contribution in [0.2, 0.25) is 0 Å². The van der Waals surface area contributed by atoms with Crippen molar-refractivity contribution in [2.75, 3.05) is 5.73 Å². The van der Waals surface area contributed by atoms with Crippen molar-refractivity contribution in [3.63, 3.8) is 0 Å². The lowest BCUT2D eigenvalue weighted by molar-refractivity contribution is -0.142. The number of aromatic nitrogens is 5. The average molecular weight is 439 g/mol. The van der Waals surface area contributed by atoms with Crippen LogP contribution in [0.15, 0.2) is 35.5 Å². The van der Waals surface area contributed by atoms with Gasteiger partial charge in [-0.25, -0.2) is 14.5 Å². The first-order valence-electron chi connectivity index (χ1n) is 9.87. The van der Waals surface area contributed by atoms with Crippen molar-refractivity contribution in [2.45, 2.75) is 36.5 Å². The van der Waals surface area contributed by atoms with E-state index < -0.39 is 17.0 Å². The molecule has 1 saturated carbocycles. The highest BCUT2D eigenvalue weighted by Gasteiger charge is 2.31. The summed E-state index contributed by atoms with van der Waals surface area (Å²) in [6, 6.07) is 6.85. The van der Waals surface area contributed by atoms with E-state index in [1.54, 1.807) is 10.6 Å². The van der Waals surface area contributed by atoms with Gasteiger partial charge in [-0.05, 0) is 48.9 Å². The fourth-order valence-corrected chi connectivity index (χ4v) is 4.95. The number of fused-ring (bicyclic) bond motifs is 2. The SMILES string of the molecule is Nc1ncnn2c(C3CCC(C(=O)O)CC3)nc(-c3cc4cccc(S(=O)[O-])c4[nH]3)c12. The fourth-order valence-electron chi connectivity index (χ4n) is 4.42. The normalized spacial score (nSPS) is 20.3. The third-order valence-corrected chi connectivity index (χ3v) is 6.68. The maximum atomic E-state index is 11.6. The van der Waals surface area contributed by atoms with Gasteiger partial charge in [0.25, 0.3) is 0 Å². The van der Waals surface area contributed by atoms with Crippen LogP contribution in [0.1, 0.15) is 37.4 Å². The lowest BCUT2D eigenvalue weighted by Crippen LogP contribution is -2.21. The van der Waals surface area contributed by atoms with E-state index >= 15 is 0 Å². The highest BCUT2D eigenvalue weighted by Crippen LogP contribution is 2.38. The molecule has 1 aliphatic carbocycles. The Morgan fingerprint density at radius 1 is 1.29 bits per heavy atom. The summed E-state index contributed by atoms with van der Waals surface area (Å²) >= 11 is -2.39. The van der Waals surface area contributed by atoms with Gasteiger partial charge in [0.1, 0.15) is 23.4 Å². The number of para-hydroxylation sites is 1. The Balaban J connectivity index is 1.64. The third-order valence-electron chi connectivity index (χ3n) is 5.98. The quantitative estimate of drug-likeness (QED) is 0.408. The summed E-state index contributed by atoms with van der Waals surface area (Å²) in [5.74, 6) is -0.0891. The highest BCUT2D eigenvalue weighted by molar-refractivity contribution is 7.79. The predicted octanol–water partition coefficient (Wildman–Crippen LogP) is 2.45. The van der Waals surface area contributed by atoms with Gasteiger partial charge >= 0.3 is 5.97 Å². The molecule has 0 spiro atoms. The number of hydrogen-bond acceptors (Lipinski definition) is 7. The van der Waals surface area contributed by atoms with Gasteiger partial charge in [0.05, 0.1) is 17.1 Å². The molecule has 1 atom stereocenters. The van der Waals surface area contributed by atoms with Crippen molar-refractivity contribution in [1.82, 2.24) is 24.6 Å². The van der Waals surface area contributed by atoms with E-state index in [0.29, 0.717) is 53.9 Å². The first-order chi connectivity index (χ1) is 14.9. The first-order valence-corrected chi connectivity index (χ1v) is 10.9. The minimum absolute atomic E-state index is 0.0419. The van der Waals surface area contributed by atoms with Crippen molar-refractivity contribution < 1.29 is 18.7 Å². The van der Waals surface area contributed by atoms with Gasteiger partial charge in [0, 0.05) is 16.2 Å². The van der Waals surface area contributed by atoms with E-state index in [2.05, 4.69) is 15.1 Å². The predicted molar refractivity (Wildman–Crippen MR) is 112 cm³/mol. The molecule has 10 nitrogen and oxygen atoms in total. The summed E-state index contributed by atoms with van der Waals surface area (Å²) < 4.78 is 24.8. The molecule has 31 heavy (non-hydrogen) atoms. The van der Waals surface area contributed by atoms with Crippen molar-refractivity contribution >= 4 is 39.3 Å². The molecule has 0 saturated heterocycles. The molecule has 0 bridgehead atoms. The number of nitrogen functional groups attached to an aromatic ring is 1. The number of carbonyl (C=O) groups is 1. The van der Waals surface area contributed by atoms with E-state index in [1.165, 1.54) is 12.4 Å². The molecule has 0 amide bonds. The molecule has 3 heterocycles. The maximum absolute atomic E-state index is 11.6. The second-order valence-electron chi connectivity index (χ2n) is 7.75. The topological polar surface area (TPSA) is 162 Å². The van der Waals surface area contributed by atoms with Crippen LogP contribution in [0.3, 0.4) is 0 Å². The smallest absolute Gasteiger partial charge is 0.306 e. The second kappa shape index (κ2) is 7.43. The van der Waals surface area contributed by atoms with Crippen LogP contribution in [0.5, 0.6) is 0 Å². The Kier molecular flexibility index (Phi) is 4.71. The van der Waals surface area contributed by atoms with E-state index in [9.17, 15) is 18.7 Å². The molecular weight excluding hydrogens is 420 g/mol. The summed E-state index contributed by atoms with van der Waals surface area (Å²) in [5, 5.41) is 14.4. The Bertz CT molecular complexity index is 1340. The average Bonchev–Trinajstić information content (AvgIpc) is 3.36. The largest absolute Gasteiger partial charge is 0.768 e. The molecule has 0 radical (unpaired) electrons. The molecule has 4 aromatic rings. The summed E-state index contributed by atoms with van der Waals surface area (Å²) in [5.41, 5.74) is 8.34. The number of nitrogens with one attached hydrogen (secondary N) is 1. The van der Waals surface area contributed by atoms with Crippen LogP contribution in [-0.4, -0.2) is 44.4 Å². The molecule has 1 aromatic carbocycles. The van der Waals surface area contributed by atoms with Crippen LogP contribution in [0.4, 0.5) is 5.82 Å². The number of anilines is 1. The van der Waals surface area contributed by atoms with E-state index in [0.717, 1.165) is 5.39 Å². The van der Waals surface area contributed by atoms with E-state index in [1.807, 2.05) is 12.1 Å². The minimum Gasteiger partial charge on any atom is -0.768 e. The number of aromatic amines is 1. The van der Waals surface area contributed by atoms with Crippen molar-refractivity contribution in [2.24, 2.45) is 5.92 Å². The Morgan fingerprint density at radius 3 is 2.77 bits per heavy atom. The van der Waals surface area contributed by atoms with Gasteiger partial charge in [0.15, 0.2) is 5.82 Å². The van der Waals surface area contributed by atoms with Gasteiger partial charge in [-0.2, -0.15) is 5.10 Å².